The maximum Gasteiger partial charge on any atom is 0.303 e. The number of carbonyl (C=O) groups is 2. The minimum Gasteiger partial charge on any atom is -0.481 e. The Hall–Kier alpha value is -1.18. The molecule has 0 aliphatic rings. The van der Waals surface area contributed by atoms with Crippen LogP contribution in [0.15, 0.2) is 38.6 Å². The van der Waals surface area contributed by atoms with Gasteiger partial charge in [-0.3, -0.25) is 9.59 Å². The van der Waals surface area contributed by atoms with Gasteiger partial charge in [0.1, 0.15) is 0 Å². The Bertz CT molecular complexity index is 648. The molecule has 2 aromatic rings. The summed E-state index contributed by atoms with van der Waals surface area (Å²) in [6, 6.07) is 8.93. The number of rotatable bonds is 5. The summed E-state index contributed by atoms with van der Waals surface area (Å²) in [5, 5.41) is 11.4. The predicted molar refractivity (Wildman–Crippen MR) is 90.1 cm³/mol. The summed E-state index contributed by atoms with van der Waals surface area (Å²) in [6.45, 7) is 0. The van der Waals surface area contributed by atoms with Crippen LogP contribution >= 0.6 is 43.2 Å². The number of anilines is 1. The number of aryl methyl sites for hydroxylation is 1. The normalized spacial score (nSPS) is 10.4. The van der Waals surface area contributed by atoms with Crippen molar-refractivity contribution in [3.8, 4) is 0 Å². The molecule has 1 amide bonds. The largest absolute Gasteiger partial charge is 0.481 e. The van der Waals surface area contributed by atoms with Gasteiger partial charge in [-0.15, -0.1) is 11.3 Å². The fourth-order valence-electron chi connectivity index (χ4n) is 1.66. The number of hydrogen-bond donors (Lipinski definition) is 2. The number of amides is 1. The van der Waals surface area contributed by atoms with Crippen molar-refractivity contribution in [2.45, 2.75) is 12.8 Å². The lowest BCUT2D eigenvalue weighted by molar-refractivity contribution is -0.136. The molecule has 0 saturated heterocycles. The molecule has 2 N–H and O–H groups in total. The van der Waals surface area contributed by atoms with E-state index in [4.69, 9.17) is 5.11 Å². The molecule has 4 nitrogen and oxygen atoms in total. The highest BCUT2D eigenvalue weighted by Gasteiger charge is 2.12. The molecule has 110 valence electrons. The van der Waals surface area contributed by atoms with E-state index in [1.54, 1.807) is 18.2 Å². The van der Waals surface area contributed by atoms with Crippen LogP contribution in [0.5, 0.6) is 0 Å². The van der Waals surface area contributed by atoms with Gasteiger partial charge in [0, 0.05) is 16.6 Å². The van der Waals surface area contributed by atoms with Crippen LogP contribution in [0.2, 0.25) is 0 Å². The summed E-state index contributed by atoms with van der Waals surface area (Å²) in [5.74, 6) is -0.995. The molecule has 0 saturated carbocycles. The Morgan fingerprint density at radius 1 is 1.19 bits per heavy atom. The van der Waals surface area contributed by atoms with Crippen LogP contribution < -0.4 is 5.32 Å². The number of carboxylic acid groups (broad SMARTS) is 1. The average molecular weight is 433 g/mol. The third kappa shape index (κ3) is 4.66. The smallest absolute Gasteiger partial charge is 0.303 e. The Kier molecular flexibility index (Phi) is 5.55. The molecular formula is C14H11Br2NO3S. The lowest BCUT2D eigenvalue weighted by Crippen LogP contribution is -2.10. The second-order valence-corrected chi connectivity index (χ2v) is 7.50. The highest BCUT2D eigenvalue weighted by atomic mass is 79.9. The van der Waals surface area contributed by atoms with E-state index in [0.717, 1.165) is 13.8 Å². The van der Waals surface area contributed by atoms with Crippen LogP contribution in [0.25, 0.3) is 0 Å². The van der Waals surface area contributed by atoms with E-state index in [1.165, 1.54) is 11.3 Å². The summed E-state index contributed by atoms with van der Waals surface area (Å²) in [7, 11) is 0. The molecule has 21 heavy (non-hydrogen) atoms. The molecule has 1 aromatic carbocycles. The monoisotopic (exact) mass is 431 g/mol. The number of hydrogen-bond acceptors (Lipinski definition) is 3. The maximum atomic E-state index is 12.1. The van der Waals surface area contributed by atoms with Gasteiger partial charge in [0.05, 0.1) is 8.66 Å². The lowest BCUT2D eigenvalue weighted by Gasteiger charge is -2.05. The standard InChI is InChI=1S/C14H11Br2NO3S/c15-10-7-11(21-13(10)16)14(20)17-9-4-1-8(2-5-9)3-6-12(18)19/h1-2,4-5,7H,3,6H2,(H,17,20)(H,18,19). The Morgan fingerprint density at radius 3 is 2.38 bits per heavy atom. The van der Waals surface area contributed by atoms with E-state index in [9.17, 15) is 9.59 Å². The number of aliphatic carboxylic acids is 1. The second-order valence-electron chi connectivity index (χ2n) is 4.28. The summed E-state index contributed by atoms with van der Waals surface area (Å²) in [6.07, 6.45) is 0.581. The van der Waals surface area contributed by atoms with Crippen molar-refractivity contribution in [3.05, 3.63) is 49.0 Å². The first-order chi connectivity index (χ1) is 9.95. The Morgan fingerprint density at radius 2 is 1.86 bits per heavy atom. The van der Waals surface area contributed by atoms with Gasteiger partial charge in [0.2, 0.25) is 0 Å². The van der Waals surface area contributed by atoms with Crippen molar-refractivity contribution in [2.24, 2.45) is 0 Å². The fraction of sp³-hybridized carbons (Fsp3) is 0.143. The third-order valence-electron chi connectivity index (χ3n) is 2.71. The summed E-state index contributed by atoms with van der Waals surface area (Å²) >= 11 is 8.04. The van der Waals surface area contributed by atoms with Crippen LogP contribution in [0.4, 0.5) is 5.69 Å². The van der Waals surface area contributed by atoms with Crippen molar-refractivity contribution in [3.63, 3.8) is 0 Å². The van der Waals surface area contributed by atoms with Crippen LogP contribution in [0.3, 0.4) is 0 Å². The molecule has 0 radical (unpaired) electrons. The second kappa shape index (κ2) is 7.20. The van der Waals surface area contributed by atoms with Gasteiger partial charge in [-0.2, -0.15) is 0 Å². The van der Waals surface area contributed by atoms with Gasteiger partial charge in [-0.1, -0.05) is 12.1 Å². The van der Waals surface area contributed by atoms with Crippen molar-refractivity contribution in [1.29, 1.82) is 0 Å². The molecule has 0 spiro atoms. The van der Waals surface area contributed by atoms with E-state index >= 15 is 0 Å². The van der Waals surface area contributed by atoms with Crippen molar-refractivity contribution in [2.75, 3.05) is 5.32 Å². The molecular weight excluding hydrogens is 422 g/mol. The van der Waals surface area contributed by atoms with Crippen LogP contribution in [-0.2, 0) is 11.2 Å². The van der Waals surface area contributed by atoms with Crippen LogP contribution in [-0.4, -0.2) is 17.0 Å². The Labute approximate surface area is 142 Å². The number of nitrogens with one attached hydrogen (secondary N) is 1. The van der Waals surface area contributed by atoms with Gasteiger partial charge >= 0.3 is 5.97 Å². The first kappa shape index (κ1) is 16.2. The molecule has 0 fully saturated rings. The van der Waals surface area contributed by atoms with Gasteiger partial charge in [-0.05, 0) is 62.0 Å². The SMILES string of the molecule is O=C(O)CCc1ccc(NC(=O)c2cc(Br)c(Br)s2)cc1. The van der Waals surface area contributed by atoms with Crippen molar-refractivity contribution in [1.82, 2.24) is 0 Å². The topological polar surface area (TPSA) is 66.4 Å². The van der Waals surface area contributed by atoms with E-state index in [1.807, 2.05) is 12.1 Å². The molecule has 2 rings (SSSR count). The van der Waals surface area contributed by atoms with E-state index in [0.29, 0.717) is 17.0 Å². The number of halogens is 2. The zero-order chi connectivity index (χ0) is 15.4. The fourth-order valence-corrected chi connectivity index (χ4v) is 3.59. The predicted octanol–water partition coefficient (Wildman–Crippen LogP) is 4.54. The highest BCUT2D eigenvalue weighted by Crippen LogP contribution is 2.32. The maximum absolute atomic E-state index is 12.1. The molecule has 0 aliphatic heterocycles. The zero-order valence-electron chi connectivity index (χ0n) is 10.7. The van der Waals surface area contributed by atoms with Gasteiger partial charge in [-0.25, -0.2) is 0 Å². The van der Waals surface area contributed by atoms with E-state index < -0.39 is 5.97 Å². The van der Waals surface area contributed by atoms with Crippen molar-refractivity contribution >= 4 is 60.8 Å². The highest BCUT2D eigenvalue weighted by molar-refractivity contribution is 9.13. The minimum absolute atomic E-state index is 0.100. The molecule has 0 aliphatic carbocycles. The number of carboxylic acids is 1. The summed E-state index contributed by atoms with van der Waals surface area (Å²) in [4.78, 5) is 23.2. The average Bonchev–Trinajstić information content (AvgIpc) is 2.78. The number of benzene rings is 1. The molecule has 0 bridgehead atoms. The van der Waals surface area contributed by atoms with Crippen molar-refractivity contribution < 1.29 is 14.7 Å². The number of thiophene rings is 1. The van der Waals surface area contributed by atoms with Gasteiger partial charge < -0.3 is 10.4 Å². The van der Waals surface area contributed by atoms with E-state index in [2.05, 4.69) is 37.2 Å². The quantitative estimate of drug-likeness (QED) is 0.728. The van der Waals surface area contributed by atoms with Gasteiger partial charge in [0.25, 0.3) is 5.91 Å². The first-order valence-corrected chi connectivity index (χ1v) is 8.43. The zero-order valence-corrected chi connectivity index (χ0v) is 14.7. The molecule has 1 heterocycles. The molecule has 0 unspecified atom stereocenters. The minimum atomic E-state index is -0.818. The van der Waals surface area contributed by atoms with Crippen LogP contribution in [0, 0.1) is 0 Å². The molecule has 0 atom stereocenters. The lowest BCUT2D eigenvalue weighted by atomic mass is 10.1. The Balaban J connectivity index is 1.99. The van der Waals surface area contributed by atoms with Crippen LogP contribution in [0.1, 0.15) is 21.7 Å². The summed E-state index contributed by atoms with van der Waals surface area (Å²) in [5.41, 5.74) is 1.61. The number of carbonyl (C=O) groups excluding carboxylic acids is 1. The molecule has 7 heteroatoms. The van der Waals surface area contributed by atoms with Gasteiger partial charge in [0.15, 0.2) is 0 Å². The van der Waals surface area contributed by atoms with E-state index in [-0.39, 0.29) is 12.3 Å². The molecule has 1 aromatic heterocycles. The first-order valence-electron chi connectivity index (χ1n) is 6.02. The summed E-state index contributed by atoms with van der Waals surface area (Å²) < 4.78 is 1.72. The third-order valence-corrected chi connectivity index (χ3v) is 5.96.